The highest BCUT2D eigenvalue weighted by molar-refractivity contribution is 5.14. The highest BCUT2D eigenvalue weighted by Crippen LogP contribution is 2.02. The fourth-order valence-corrected chi connectivity index (χ4v) is 1.73. The summed E-state index contributed by atoms with van der Waals surface area (Å²) in [5, 5.41) is 12.9. The van der Waals surface area contributed by atoms with Gasteiger partial charge in [0.05, 0.1) is 19.0 Å². The van der Waals surface area contributed by atoms with Gasteiger partial charge in [-0.3, -0.25) is 0 Å². The van der Waals surface area contributed by atoms with E-state index in [4.69, 9.17) is 9.15 Å². The van der Waals surface area contributed by atoms with E-state index in [0.717, 1.165) is 12.3 Å². The van der Waals surface area contributed by atoms with Gasteiger partial charge in [0.25, 0.3) is 0 Å². The van der Waals surface area contributed by atoms with Crippen LogP contribution in [0.1, 0.15) is 11.3 Å². The van der Waals surface area contributed by atoms with Crippen LogP contribution in [0, 0.1) is 0 Å². The largest absolute Gasteiger partial charge is 0.467 e. The molecule has 2 rings (SSSR count). The zero-order valence-corrected chi connectivity index (χ0v) is 10.8. The van der Waals surface area contributed by atoms with E-state index >= 15 is 0 Å². The summed E-state index contributed by atoms with van der Waals surface area (Å²) < 4.78 is 10.5. The molecular formula is C15H19NO3. The van der Waals surface area contributed by atoms with Crippen LogP contribution in [0.25, 0.3) is 0 Å². The minimum atomic E-state index is -0.515. The number of furan rings is 1. The Morgan fingerprint density at radius 3 is 2.74 bits per heavy atom. The monoisotopic (exact) mass is 261 g/mol. The van der Waals surface area contributed by atoms with Gasteiger partial charge < -0.3 is 19.6 Å². The third-order valence-electron chi connectivity index (χ3n) is 2.69. The minimum Gasteiger partial charge on any atom is -0.467 e. The van der Waals surface area contributed by atoms with Gasteiger partial charge in [0.15, 0.2) is 0 Å². The molecule has 1 atom stereocenters. The van der Waals surface area contributed by atoms with E-state index in [1.165, 1.54) is 5.56 Å². The Labute approximate surface area is 113 Å². The normalized spacial score (nSPS) is 12.5. The molecule has 0 aliphatic carbocycles. The molecule has 1 heterocycles. The molecule has 1 unspecified atom stereocenters. The van der Waals surface area contributed by atoms with Crippen molar-refractivity contribution in [3.63, 3.8) is 0 Å². The van der Waals surface area contributed by atoms with Gasteiger partial charge in [-0.15, -0.1) is 0 Å². The first-order chi connectivity index (χ1) is 9.34. The van der Waals surface area contributed by atoms with Crippen LogP contribution in [0.3, 0.4) is 0 Å². The number of hydrogen-bond acceptors (Lipinski definition) is 4. The predicted octanol–water partition coefficient (Wildman–Crippen LogP) is 1.95. The fraction of sp³-hybridized carbons (Fsp3) is 0.333. The summed E-state index contributed by atoms with van der Waals surface area (Å²) in [6, 6.07) is 13.7. The van der Waals surface area contributed by atoms with Crippen molar-refractivity contribution in [2.45, 2.75) is 19.3 Å². The van der Waals surface area contributed by atoms with Gasteiger partial charge in [-0.1, -0.05) is 30.3 Å². The van der Waals surface area contributed by atoms with Crippen LogP contribution in [0.5, 0.6) is 0 Å². The third-order valence-corrected chi connectivity index (χ3v) is 2.69. The molecule has 19 heavy (non-hydrogen) atoms. The molecule has 0 fully saturated rings. The SMILES string of the molecule is OC(CNCc1ccccc1)COCc1ccco1. The molecule has 0 aliphatic heterocycles. The topological polar surface area (TPSA) is 54.6 Å². The molecular weight excluding hydrogens is 242 g/mol. The van der Waals surface area contributed by atoms with E-state index in [2.05, 4.69) is 5.32 Å². The number of nitrogens with one attached hydrogen (secondary N) is 1. The van der Waals surface area contributed by atoms with Crippen molar-refractivity contribution in [1.82, 2.24) is 5.32 Å². The summed E-state index contributed by atoms with van der Waals surface area (Å²) >= 11 is 0. The molecule has 102 valence electrons. The number of aliphatic hydroxyl groups excluding tert-OH is 1. The first kappa shape index (κ1) is 13.8. The summed E-state index contributed by atoms with van der Waals surface area (Å²) in [7, 11) is 0. The lowest BCUT2D eigenvalue weighted by molar-refractivity contribution is 0.0226. The first-order valence-electron chi connectivity index (χ1n) is 6.37. The van der Waals surface area contributed by atoms with Crippen LogP contribution >= 0.6 is 0 Å². The third kappa shape index (κ3) is 5.26. The van der Waals surface area contributed by atoms with Crippen LogP contribution in [0.4, 0.5) is 0 Å². The summed E-state index contributed by atoms with van der Waals surface area (Å²) in [5.41, 5.74) is 1.20. The van der Waals surface area contributed by atoms with Crippen LogP contribution in [-0.2, 0) is 17.9 Å². The zero-order valence-electron chi connectivity index (χ0n) is 10.8. The van der Waals surface area contributed by atoms with Gasteiger partial charge in [-0.05, 0) is 17.7 Å². The Kier molecular flexibility index (Phi) is 5.62. The molecule has 0 radical (unpaired) electrons. The van der Waals surface area contributed by atoms with Crippen LogP contribution in [0.2, 0.25) is 0 Å². The molecule has 2 N–H and O–H groups in total. The highest BCUT2D eigenvalue weighted by Gasteiger charge is 2.04. The standard InChI is InChI=1S/C15H19NO3/c17-14(11-18-12-15-7-4-8-19-15)10-16-9-13-5-2-1-3-6-13/h1-8,14,16-17H,9-12H2. The molecule has 0 saturated heterocycles. The Morgan fingerprint density at radius 1 is 1.16 bits per heavy atom. The molecule has 0 spiro atoms. The average molecular weight is 261 g/mol. The molecule has 0 amide bonds. The van der Waals surface area contributed by atoms with Gasteiger partial charge in [0, 0.05) is 13.1 Å². The predicted molar refractivity (Wildman–Crippen MR) is 72.5 cm³/mol. The molecule has 4 heteroatoms. The Balaban J connectivity index is 1.56. The van der Waals surface area contributed by atoms with Crippen molar-refractivity contribution in [2.75, 3.05) is 13.2 Å². The number of ether oxygens (including phenoxy) is 1. The minimum absolute atomic E-state index is 0.294. The molecule has 0 bridgehead atoms. The van der Waals surface area contributed by atoms with E-state index in [1.807, 2.05) is 42.5 Å². The first-order valence-corrected chi connectivity index (χ1v) is 6.37. The number of aliphatic hydroxyl groups is 1. The molecule has 1 aromatic heterocycles. The van der Waals surface area contributed by atoms with E-state index < -0.39 is 6.10 Å². The van der Waals surface area contributed by atoms with Gasteiger partial charge in [0.1, 0.15) is 12.4 Å². The van der Waals surface area contributed by atoms with Crippen molar-refractivity contribution >= 4 is 0 Å². The van der Waals surface area contributed by atoms with Gasteiger partial charge in [0.2, 0.25) is 0 Å². The van der Waals surface area contributed by atoms with E-state index in [0.29, 0.717) is 19.8 Å². The summed E-state index contributed by atoms with van der Waals surface area (Å²) in [5.74, 6) is 0.768. The second-order valence-corrected chi connectivity index (χ2v) is 4.36. The smallest absolute Gasteiger partial charge is 0.129 e. The van der Waals surface area contributed by atoms with E-state index in [-0.39, 0.29) is 0 Å². The van der Waals surface area contributed by atoms with Crippen molar-refractivity contribution in [3.8, 4) is 0 Å². The zero-order chi connectivity index (χ0) is 13.3. The quantitative estimate of drug-likeness (QED) is 0.762. The Bertz CT molecular complexity index is 442. The molecule has 4 nitrogen and oxygen atoms in total. The maximum absolute atomic E-state index is 9.74. The molecule has 2 aromatic rings. The van der Waals surface area contributed by atoms with Crippen LogP contribution in [-0.4, -0.2) is 24.4 Å². The van der Waals surface area contributed by atoms with Crippen molar-refractivity contribution in [3.05, 3.63) is 60.1 Å². The lowest BCUT2D eigenvalue weighted by Crippen LogP contribution is -2.30. The second-order valence-electron chi connectivity index (χ2n) is 4.36. The maximum Gasteiger partial charge on any atom is 0.129 e. The number of rotatable bonds is 8. The Morgan fingerprint density at radius 2 is 2.00 bits per heavy atom. The van der Waals surface area contributed by atoms with Crippen molar-refractivity contribution in [2.24, 2.45) is 0 Å². The molecule has 0 saturated carbocycles. The van der Waals surface area contributed by atoms with Crippen LogP contribution < -0.4 is 5.32 Å². The average Bonchev–Trinajstić information content (AvgIpc) is 2.93. The van der Waals surface area contributed by atoms with Crippen molar-refractivity contribution < 1.29 is 14.3 Å². The van der Waals surface area contributed by atoms with Crippen molar-refractivity contribution in [1.29, 1.82) is 0 Å². The van der Waals surface area contributed by atoms with Gasteiger partial charge >= 0.3 is 0 Å². The van der Waals surface area contributed by atoms with Gasteiger partial charge in [-0.25, -0.2) is 0 Å². The number of benzene rings is 1. The molecule has 1 aromatic carbocycles. The van der Waals surface area contributed by atoms with Crippen LogP contribution in [0.15, 0.2) is 53.1 Å². The lowest BCUT2D eigenvalue weighted by Gasteiger charge is -2.12. The summed E-state index contributed by atoms with van der Waals surface area (Å²) in [6.07, 6.45) is 1.09. The Hall–Kier alpha value is -1.62. The van der Waals surface area contributed by atoms with E-state index in [1.54, 1.807) is 6.26 Å². The lowest BCUT2D eigenvalue weighted by atomic mass is 10.2. The van der Waals surface area contributed by atoms with E-state index in [9.17, 15) is 5.11 Å². The summed E-state index contributed by atoms with van der Waals surface area (Å²) in [6.45, 7) is 1.94. The fourth-order valence-electron chi connectivity index (χ4n) is 1.73. The highest BCUT2D eigenvalue weighted by atomic mass is 16.5. The molecule has 0 aliphatic rings. The van der Waals surface area contributed by atoms with Gasteiger partial charge in [-0.2, -0.15) is 0 Å². The second kappa shape index (κ2) is 7.74. The number of hydrogen-bond donors (Lipinski definition) is 2. The summed E-state index contributed by atoms with van der Waals surface area (Å²) in [4.78, 5) is 0. The maximum atomic E-state index is 9.74.